The third-order valence-corrected chi connectivity index (χ3v) is 4.39. The highest BCUT2D eigenvalue weighted by atomic mass is 19.1. The number of hydrogen-bond acceptors (Lipinski definition) is 3. The van der Waals surface area contributed by atoms with E-state index in [0.717, 1.165) is 25.5 Å². The monoisotopic (exact) mass is 337 g/mol. The van der Waals surface area contributed by atoms with Gasteiger partial charge >= 0.3 is 0 Å². The molecule has 1 saturated heterocycles. The molecule has 5 nitrogen and oxygen atoms in total. The molecule has 24 heavy (non-hydrogen) atoms. The van der Waals surface area contributed by atoms with Crippen molar-refractivity contribution in [3.05, 3.63) is 35.6 Å². The molecule has 3 N–H and O–H groups in total. The van der Waals surface area contributed by atoms with Crippen LogP contribution in [0.4, 0.5) is 4.39 Å². The maximum Gasteiger partial charge on any atom is 0.191 e. The van der Waals surface area contributed by atoms with Crippen LogP contribution in [0.15, 0.2) is 29.3 Å². The molecule has 1 aliphatic rings. The van der Waals surface area contributed by atoms with Crippen molar-refractivity contribution in [3.63, 3.8) is 0 Å². The number of rotatable bonds is 8. The van der Waals surface area contributed by atoms with Crippen molar-refractivity contribution in [2.75, 3.05) is 39.5 Å². The van der Waals surface area contributed by atoms with Gasteiger partial charge in [0.25, 0.3) is 0 Å². The van der Waals surface area contributed by atoms with Crippen LogP contribution in [0, 0.1) is 11.2 Å². The summed E-state index contributed by atoms with van der Waals surface area (Å²) in [6, 6.07) is 6.82. The van der Waals surface area contributed by atoms with Gasteiger partial charge in [0.1, 0.15) is 5.82 Å². The van der Waals surface area contributed by atoms with E-state index in [1.54, 1.807) is 12.1 Å². The summed E-state index contributed by atoms with van der Waals surface area (Å²) < 4.78 is 19.1. The van der Waals surface area contributed by atoms with Crippen molar-refractivity contribution in [2.24, 2.45) is 10.4 Å². The van der Waals surface area contributed by atoms with E-state index in [9.17, 15) is 9.50 Å². The summed E-state index contributed by atoms with van der Waals surface area (Å²) in [5.41, 5.74) is 0.629. The lowest BCUT2D eigenvalue weighted by Gasteiger charge is -2.24. The van der Waals surface area contributed by atoms with Crippen LogP contribution in [-0.4, -0.2) is 50.5 Å². The van der Waals surface area contributed by atoms with E-state index in [2.05, 4.69) is 15.6 Å². The fraction of sp³-hybridized carbons (Fsp3) is 0.611. The minimum atomic E-state index is -0.175. The van der Waals surface area contributed by atoms with Crippen molar-refractivity contribution in [3.8, 4) is 0 Å². The topological polar surface area (TPSA) is 65.9 Å². The quantitative estimate of drug-likeness (QED) is 0.499. The van der Waals surface area contributed by atoms with Gasteiger partial charge in [-0.2, -0.15) is 0 Å². The molecular weight excluding hydrogens is 309 g/mol. The number of hydrogen-bond donors (Lipinski definition) is 3. The lowest BCUT2D eigenvalue weighted by Crippen LogP contribution is -2.39. The molecule has 6 heteroatoms. The van der Waals surface area contributed by atoms with Crippen LogP contribution in [0.1, 0.15) is 25.3 Å². The van der Waals surface area contributed by atoms with Crippen LogP contribution in [0.3, 0.4) is 0 Å². The van der Waals surface area contributed by atoms with Gasteiger partial charge in [-0.3, -0.25) is 4.99 Å². The molecule has 0 aromatic heterocycles. The van der Waals surface area contributed by atoms with E-state index in [1.165, 1.54) is 6.07 Å². The number of nitrogens with zero attached hydrogens (tertiary/aromatic N) is 1. The minimum absolute atomic E-state index is 0.0668. The first kappa shape index (κ1) is 18.7. The summed E-state index contributed by atoms with van der Waals surface area (Å²) in [5, 5.41) is 15.7. The molecule has 1 aliphatic heterocycles. The predicted octanol–water partition coefficient (Wildman–Crippen LogP) is 1.71. The van der Waals surface area contributed by atoms with Crippen LogP contribution >= 0.6 is 0 Å². The smallest absolute Gasteiger partial charge is 0.191 e. The van der Waals surface area contributed by atoms with Gasteiger partial charge in [0.15, 0.2) is 5.96 Å². The highest BCUT2D eigenvalue weighted by molar-refractivity contribution is 5.79. The van der Waals surface area contributed by atoms with Crippen LogP contribution < -0.4 is 10.6 Å². The summed E-state index contributed by atoms with van der Waals surface area (Å²) in [6.45, 7) is 5.51. The average molecular weight is 337 g/mol. The Morgan fingerprint density at radius 1 is 1.38 bits per heavy atom. The number of benzene rings is 1. The Labute approximate surface area is 143 Å². The second-order valence-electron chi connectivity index (χ2n) is 6.24. The second kappa shape index (κ2) is 9.59. The zero-order chi connectivity index (χ0) is 17.3. The van der Waals surface area contributed by atoms with E-state index >= 15 is 0 Å². The zero-order valence-electron chi connectivity index (χ0n) is 14.4. The first-order chi connectivity index (χ1) is 11.7. The van der Waals surface area contributed by atoms with Gasteiger partial charge in [-0.05, 0) is 37.8 Å². The van der Waals surface area contributed by atoms with Crippen molar-refractivity contribution >= 4 is 5.96 Å². The number of aliphatic hydroxyl groups is 1. The zero-order valence-corrected chi connectivity index (χ0v) is 14.4. The number of aliphatic imine (C=N–C) groups is 1. The third kappa shape index (κ3) is 5.46. The van der Waals surface area contributed by atoms with Crippen molar-refractivity contribution < 1.29 is 14.2 Å². The van der Waals surface area contributed by atoms with Crippen LogP contribution in [0.2, 0.25) is 0 Å². The number of guanidine groups is 1. The molecular formula is C18H28FN3O2. The van der Waals surface area contributed by atoms with Gasteiger partial charge in [-0.15, -0.1) is 0 Å². The van der Waals surface area contributed by atoms with E-state index in [1.807, 2.05) is 13.0 Å². The molecule has 134 valence electrons. The Kier molecular flexibility index (Phi) is 7.46. The second-order valence-corrected chi connectivity index (χ2v) is 6.24. The number of aliphatic hydroxyl groups excluding tert-OH is 1. The highest BCUT2D eigenvalue weighted by Crippen LogP contribution is 2.32. The van der Waals surface area contributed by atoms with E-state index in [4.69, 9.17) is 4.74 Å². The normalized spacial score (nSPS) is 21.0. The standard InChI is InChI=1S/C18H28FN3O2/c1-2-20-17(21-10-7-15-5-3-4-6-16(15)19)22-13-18(8-11-23)9-12-24-14-18/h3-6,23H,2,7-14H2,1H3,(H2,20,21,22). The molecule has 0 aliphatic carbocycles. The summed E-state index contributed by atoms with van der Waals surface area (Å²) in [6.07, 6.45) is 2.22. The van der Waals surface area contributed by atoms with Crippen LogP contribution in [0.5, 0.6) is 0 Å². The third-order valence-electron chi connectivity index (χ3n) is 4.39. The van der Waals surface area contributed by atoms with E-state index in [0.29, 0.717) is 38.1 Å². The molecule has 2 rings (SSSR count). The lowest BCUT2D eigenvalue weighted by atomic mass is 9.84. The maximum atomic E-state index is 13.6. The van der Waals surface area contributed by atoms with Crippen molar-refractivity contribution in [2.45, 2.75) is 26.2 Å². The molecule has 1 heterocycles. The molecule has 0 bridgehead atoms. The number of ether oxygens (including phenoxy) is 1. The molecule has 0 radical (unpaired) electrons. The first-order valence-electron chi connectivity index (χ1n) is 8.63. The van der Waals surface area contributed by atoms with Gasteiger partial charge in [0.05, 0.1) is 13.2 Å². The molecule has 0 saturated carbocycles. The molecule has 0 amide bonds. The minimum Gasteiger partial charge on any atom is -0.396 e. The van der Waals surface area contributed by atoms with E-state index in [-0.39, 0.29) is 17.8 Å². The summed E-state index contributed by atoms with van der Waals surface area (Å²) in [4.78, 5) is 4.65. The fourth-order valence-corrected chi connectivity index (χ4v) is 2.89. The molecule has 1 unspecified atom stereocenters. The van der Waals surface area contributed by atoms with Gasteiger partial charge in [0.2, 0.25) is 0 Å². The Hall–Kier alpha value is -1.66. The maximum absolute atomic E-state index is 13.6. The summed E-state index contributed by atoms with van der Waals surface area (Å²) in [7, 11) is 0. The molecule has 1 aromatic carbocycles. The Balaban J connectivity index is 1.89. The van der Waals surface area contributed by atoms with Gasteiger partial charge in [-0.1, -0.05) is 18.2 Å². The Bertz CT molecular complexity index is 531. The summed E-state index contributed by atoms with van der Waals surface area (Å²) in [5.74, 6) is 0.546. The van der Waals surface area contributed by atoms with E-state index < -0.39 is 0 Å². The average Bonchev–Trinajstić information content (AvgIpc) is 3.04. The summed E-state index contributed by atoms with van der Waals surface area (Å²) >= 11 is 0. The largest absolute Gasteiger partial charge is 0.396 e. The number of nitrogens with one attached hydrogen (secondary N) is 2. The van der Waals surface area contributed by atoms with Crippen molar-refractivity contribution in [1.29, 1.82) is 0 Å². The Morgan fingerprint density at radius 2 is 2.21 bits per heavy atom. The Morgan fingerprint density at radius 3 is 2.88 bits per heavy atom. The lowest BCUT2D eigenvalue weighted by molar-refractivity contribution is 0.131. The SMILES string of the molecule is CCNC(=NCC1(CCO)CCOC1)NCCc1ccccc1F. The molecule has 0 spiro atoms. The van der Waals surface area contributed by atoms with Crippen molar-refractivity contribution in [1.82, 2.24) is 10.6 Å². The van der Waals surface area contributed by atoms with Gasteiger partial charge in [0, 0.05) is 31.7 Å². The van der Waals surface area contributed by atoms with Gasteiger partial charge in [-0.25, -0.2) is 4.39 Å². The number of halogens is 1. The van der Waals surface area contributed by atoms with Gasteiger partial charge < -0.3 is 20.5 Å². The van der Waals surface area contributed by atoms with Crippen LogP contribution in [0.25, 0.3) is 0 Å². The van der Waals surface area contributed by atoms with Crippen LogP contribution in [-0.2, 0) is 11.2 Å². The molecule has 1 aromatic rings. The fourth-order valence-electron chi connectivity index (χ4n) is 2.89. The first-order valence-corrected chi connectivity index (χ1v) is 8.63. The molecule has 1 fully saturated rings. The molecule has 1 atom stereocenters. The highest BCUT2D eigenvalue weighted by Gasteiger charge is 2.34. The predicted molar refractivity (Wildman–Crippen MR) is 93.7 cm³/mol.